The Labute approximate surface area is 198 Å². The van der Waals surface area contributed by atoms with Crippen LogP contribution in [0.1, 0.15) is 29.5 Å². The minimum atomic E-state index is -0.836. The summed E-state index contributed by atoms with van der Waals surface area (Å²) < 4.78 is 10.6. The largest absolute Gasteiger partial charge is 0.449 e. The quantitative estimate of drug-likeness (QED) is 0.396. The van der Waals surface area contributed by atoms with E-state index in [4.69, 9.17) is 9.47 Å². The van der Waals surface area contributed by atoms with E-state index < -0.39 is 24.2 Å². The zero-order chi connectivity index (χ0) is 23.9. The van der Waals surface area contributed by atoms with E-state index in [2.05, 4.69) is 22.8 Å². The molecule has 7 nitrogen and oxygen atoms in total. The third-order valence-electron chi connectivity index (χ3n) is 5.63. The number of rotatable bonds is 8. The predicted octanol–water partition coefficient (Wildman–Crippen LogP) is 3.77. The van der Waals surface area contributed by atoms with Gasteiger partial charge in [0.1, 0.15) is 13.2 Å². The Morgan fingerprint density at radius 2 is 1.44 bits per heavy atom. The van der Waals surface area contributed by atoms with E-state index in [0.717, 1.165) is 27.8 Å². The molecule has 174 valence electrons. The predicted molar refractivity (Wildman–Crippen MR) is 127 cm³/mol. The Kier molecular flexibility index (Phi) is 7.22. The van der Waals surface area contributed by atoms with Crippen LogP contribution < -0.4 is 10.6 Å². The van der Waals surface area contributed by atoms with Gasteiger partial charge in [-0.15, -0.1) is 0 Å². The molecule has 0 aliphatic heterocycles. The number of amides is 2. The molecule has 0 heterocycles. The van der Waals surface area contributed by atoms with E-state index in [-0.39, 0.29) is 19.1 Å². The Hall–Kier alpha value is -4.13. The lowest BCUT2D eigenvalue weighted by molar-refractivity contribution is -0.149. The van der Waals surface area contributed by atoms with Crippen LogP contribution in [0.2, 0.25) is 0 Å². The number of hydrogen-bond acceptors (Lipinski definition) is 5. The molecule has 0 spiro atoms. The highest BCUT2D eigenvalue weighted by molar-refractivity contribution is 5.83. The smallest absolute Gasteiger partial charge is 0.407 e. The van der Waals surface area contributed by atoms with Gasteiger partial charge >= 0.3 is 12.1 Å². The van der Waals surface area contributed by atoms with Gasteiger partial charge < -0.3 is 20.1 Å². The summed E-state index contributed by atoms with van der Waals surface area (Å²) in [6.07, 6.45) is -1.21. The van der Waals surface area contributed by atoms with Crippen molar-refractivity contribution in [1.82, 2.24) is 10.6 Å². The van der Waals surface area contributed by atoms with Crippen molar-refractivity contribution in [2.45, 2.75) is 25.5 Å². The van der Waals surface area contributed by atoms with Crippen molar-refractivity contribution in [2.24, 2.45) is 0 Å². The fraction of sp³-hybridized carbons (Fsp3) is 0.222. The van der Waals surface area contributed by atoms with Gasteiger partial charge in [0.05, 0.1) is 0 Å². The van der Waals surface area contributed by atoms with Crippen LogP contribution in [0.3, 0.4) is 0 Å². The Balaban J connectivity index is 1.29. The van der Waals surface area contributed by atoms with Crippen LogP contribution in [0.25, 0.3) is 11.1 Å². The third-order valence-corrected chi connectivity index (χ3v) is 5.63. The van der Waals surface area contributed by atoms with Gasteiger partial charge in [-0.3, -0.25) is 9.59 Å². The lowest BCUT2D eigenvalue weighted by Gasteiger charge is -2.19. The van der Waals surface area contributed by atoms with Crippen LogP contribution in [-0.4, -0.2) is 37.3 Å². The fourth-order valence-electron chi connectivity index (χ4n) is 4.18. The topological polar surface area (TPSA) is 93.7 Å². The third kappa shape index (κ3) is 5.61. The van der Waals surface area contributed by atoms with Gasteiger partial charge in [0.25, 0.3) is 0 Å². The van der Waals surface area contributed by atoms with Gasteiger partial charge in [0.2, 0.25) is 5.91 Å². The molecule has 3 aromatic rings. The first-order valence-electron chi connectivity index (χ1n) is 11.1. The molecular weight excluding hydrogens is 432 g/mol. The van der Waals surface area contributed by atoms with E-state index in [0.29, 0.717) is 6.42 Å². The van der Waals surface area contributed by atoms with Crippen LogP contribution in [0.4, 0.5) is 4.79 Å². The number of benzene rings is 3. The molecule has 0 fully saturated rings. The number of hydrogen-bond donors (Lipinski definition) is 2. The molecule has 4 rings (SSSR count). The molecule has 3 aromatic carbocycles. The summed E-state index contributed by atoms with van der Waals surface area (Å²) in [4.78, 5) is 36.0. The van der Waals surface area contributed by atoms with Gasteiger partial charge in [0, 0.05) is 19.3 Å². The lowest BCUT2D eigenvalue weighted by Crippen LogP contribution is -2.44. The molecule has 1 aliphatic carbocycles. The second-order valence-corrected chi connectivity index (χ2v) is 8.03. The summed E-state index contributed by atoms with van der Waals surface area (Å²) >= 11 is 0. The van der Waals surface area contributed by atoms with E-state index in [9.17, 15) is 14.4 Å². The summed E-state index contributed by atoms with van der Waals surface area (Å²) in [5.41, 5.74) is 5.40. The van der Waals surface area contributed by atoms with Crippen molar-refractivity contribution < 1.29 is 23.9 Å². The standard InChI is InChI=1S/C27H26N2O5/c1-18(30)34-26(15-19-9-3-2-4-10-19)29-25(31)16-28-27(32)33-17-24-22-13-7-5-11-20(22)21-12-6-8-14-23(21)24/h2-14,24,26H,15-17H2,1H3,(H,28,32)(H,29,31). The molecule has 1 atom stereocenters. The van der Waals surface area contributed by atoms with Crippen molar-refractivity contribution in [3.05, 3.63) is 95.6 Å². The van der Waals surface area contributed by atoms with Crippen molar-refractivity contribution >= 4 is 18.0 Å². The normalized spacial score (nSPS) is 12.7. The van der Waals surface area contributed by atoms with Crippen LogP contribution in [0.5, 0.6) is 0 Å². The van der Waals surface area contributed by atoms with Gasteiger partial charge in [-0.1, -0.05) is 78.9 Å². The molecule has 0 aromatic heterocycles. The molecule has 0 saturated heterocycles. The molecule has 2 amide bonds. The summed E-state index contributed by atoms with van der Waals surface area (Å²) in [5.74, 6) is -1.06. The van der Waals surface area contributed by atoms with Crippen molar-refractivity contribution in [3.63, 3.8) is 0 Å². The molecule has 7 heteroatoms. The van der Waals surface area contributed by atoms with Crippen LogP contribution >= 0.6 is 0 Å². The highest BCUT2D eigenvalue weighted by Crippen LogP contribution is 2.44. The maximum Gasteiger partial charge on any atom is 0.407 e. The second-order valence-electron chi connectivity index (χ2n) is 8.03. The van der Waals surface area contributed by atoms with Crippen LogP contribution in [0.15, 0.2) is 78.9 Å². The number of ether oxygens (including phenoxy) is 2. The fourth-order valence-corrected chi connectivity index (χ4v) is 4.18. The summed E-state index contributed by atoms with van der Waals surface area (Å²) in [5, 5.41) is 5.09. The molecule has 1 unspecified atom stereocenters. The minimum absolute atomic E-state index is 0.0637. The molecular formula is C27H26N2O5. The van der Waals surface area contributed by atoms with Crippen LogP contribution in [-0.2, 0) is 25.5 Å². The highest BCUT2D eigenvalue weighted by Gasteiger charge is 2.29. The average Bonchev–Trinajstić information content (AvgIpc) is 3.15. The first-order valence-corrected chi connectivity index (χ1v) is 11.1. The summed E-state index contributed by atoms with van der Waals surface area (Å²) in [6, 6.07) is 25.5. The van der Waals surface area contributed by atoms with Gasteiger partial charge in [-0.05, 0) is 27.8 Å². The summed E-state index contributed by atoms with van der Waals surface area (Å²) in [6.45, 7) is 1.13. The van der Waals surface area contributed by atoms with Crippen LogP contribution in [0, 0.1) is 0 Å². The van der Waals surface area contributed by atoms with Gasteiger partial charge in [0.15, 0.2) is 6.23 Å². The zero-order valence-corrected chi connectivity index (χ0v) is 18.8. The Morgan fingerprint density at radius 1 is 0.853 bits per heavy atom. The Bertz CT molecular complexity index is 1130. The average molecular weight is 459 g/mol. The molecule has 0 bridgehead atoms. The molecule has 1 aliphatic rings. The van der Waals surface area contributed by atoms with E-state index in [1.807, 2.05) is 66.7 Å². The van der Waals surface area contributed by atoms with E-state index >= 15 is 0 Å². The van der Waals surface area contributed by atoms with Crippen molar-refractivity contribution in [3.8, 4) is 11.1 Å². The van der Waals surface area contributed by atoms with Gasteiger partial charge in [-0.2, -0.15) is 0 Å². The Morgan fingerprint density at radius 3 is 2.06 bits per heavy atom. The maximum atomic E-state index is 12.3. The number of alkyl carbamates (subject to hydrolysis) is 1. The SMILES string of the molecule is CC(=O)OC(Cc1ccccc1)NC(=O)CNC(=O)OCC1c2ccccc2-c2ccccc21. The van der Waals surface area contributed by atoms with E-state index in [1.54, 1.807) is 0 Å². The highest BCUT2D eigenvalue weighted by atomic mass is 16.6. The minimum Gasteiger partial charge on any atom is -0.449 e. The first kappa shape index (κ1) is 23.0. The van der Waals surface area contributed by atoms with E-state index in [1.165, 1.54) is 6.92 Å². The molecule has 34 heavy (non-hydrogen) atoms. The second kappa shape index (κ2) is 10.7. The molecule has 0 saturated carbocycles. The van der Waals surface area contributed by atoms with Crippen molar-refractivity contribution in [2.75, 3.05) is 13.2 Å². The monoisotopic (exact) mass is 458 g/mol. The lowest BCUT2D eigenvalue weighted by atomic mass is 9.98. The number of carbonyl (C=O) groups excluding carboxylic acids is 3. The summed E-state index contributed by atoms with van der Waals surface area (Å²) in [7, 11) is 0. The maximum absolute atomic E-state index is 12.3. The number of carbonyl (C=O) groups is 3. The first-order chi connectivity index (χ1) is 16.5. The number of nitrogens with one attached hydrogen (secondary N) is 2. The zero-order valence-electron chi connectivity index (χ0n) is 18.8. The molecule has 2 N–H and O–H groups in total. The number of fused-ring (bicyclic) bond motifs is 3. The number of esters is 1. The van der Waals surface area contributed by atoms with Gasteiger partial charge in [-0.25, -0.2) is 4.79 Å². The molecule has 0 radical (unpaired) electrons. The van der Waals surface area contributed by atoms with Crippen molar-refractivity contribution in [1.29, 1.82) is 0 Å².